The number of likely N-dealkylation sites (N-methyl/N-ethyl adjacent to an activating group) is 1. The van der Waals surface area contributed by atoms with Crippen molar-refractivity contribution in [2.45, 2.75) is 12.5 Å². The number of rotatable bonds is 5. The van der Waals surface area contributed by atoms with Crippen LogP contribution in [0.1, 0.15) is 22.6 Å². The molecule has 1 heterocycles. The number of benzene rings is 2. The molecule has 2 aromatic carbocycles. The zero-order chi connectivity index (χ0) is 19.4. The summed E-state index contributed by atoms with van der Waals surface area (Å²) in [4.78, 5) is 14.1. The largest absolute Gasteiger partial charge is 0.447 e. The van der Waals surface area contributed by atoms with Crippen LogP contribution in [0, 0.1) is 0 Å². The highest BCUT2D eigenvalue weighted by molar-refractivity contribution is 6.35. The standard InChI is InChI=1S/C20H22Cl2N2O3.ClH/c1-24-11-17(16-9-14(21)10-19(22)18(16)12-24)13-4-3-5-15(8-13)23-20(25)27-7-6-26-2;/h3-5,8-10,17H,6-7,11-12H2,1-2H3,(H,23,25);1H. The van der Waals surface area contributed by atoms with E-state index in [0.717, 1.165) is 29.8 Å². The molecule has 1 amide bonds. The molecule has 0 fully saturated rings. The number of methoxy groups -OCH3 is 1. The second-order valence-corrected chi connectivity index (χ2v) is 7.43. The molecule has 0 aromatic heterocycles. The van der Waals surface area contributed by atoms with Crippen molar-refractivity contribution in [2.75, 3.05) is 39.2 Å². The Morgan fingerprint density at radius 1 is 1.25 bits per heavy atom. The normalized spacial score (nSPS) is 16.1. The summed E-state index contributed by atoms with van der Waals surface area (Å²) >= 11 is 12.7. The van der Waals surface area contributed by atoms with Crippen LogP contribution in [-0.4, -0.2) is 44.9 Å². The van der Waals surface area contributed by atoms with Gasteiger partial charge in [0.2, 0.25) is 0 Å². The molecule has 1 N–H and O–H groups in total. The molecule has 0 aliphatic carbocycles. The predicted octanol–water partition coefficient (Wildman–Crippen LogP) is 5.19. The summed E-state index contributed by atoms with van der Waals surface area (Å²) in [7, 11) is 3.62. The molecule has 0 saturated heterocycles. The highest BCUT2D eigenvalue weighted by Gasteiger charge is 2.27. The average Bonchev–Trinajstić information content (AvgIpc) is 2.62. The van der Waals surface area contributed by atoms with Gasteiger partial charge < -0.3 is 14.4 Å². The van der Waals surface area contributed by atoms with Crippen LogP contribution in [0.5, 0.6) is 0 Å². The fourth-order valence-electron chi connectivity index (χ4n) is 3.34. The van der Waals surface area contributed by atoms with Crippen molar-refractivity contribution in [3.63, 3.8) is 0 Å². The van der Waals surface area contributed by atoms with Gasteiger partial charge in [-0.1, -0.05) is 35.3 Å². The van der Waals surface area contributed by atoms with Gasteiger partial charge in [0.15, 0.2) is 0 Å². The number of anilines is 1. The number of hydrogen-bond acceptors (Lipinski definition) is 4. The molecule has 0 bridgehead atoms. The zero-order valence-corrected chi connectivity index (χ0v) is 18.0. The average molecular weight is 446 g/mol. The van der Waals surface area contributed by atoms with Crippen molar-refractivity contribution in [1.29, 1.82) is 0 Å². The highest BCUT2D eigenvalue weighted by atomic mass is 35.5. The van der Waals surface area contributed by atoms with Crippen molar-refractivity contribution in [3.05, 3.63) is 63.1 Å². The van der Waals surface area contributed by atoms with E-state index in [0.29, 0.717) is 22.3 Å². The summed E-state index contributed by atoms with van der Waals surface area (Å²) in [6.45, 7) is 2.19. The number of halogens is 3. The van der Waals surface area contributed by atoms with Crippen LogP contribution in [-0.2, 0) is 16.0 Å². The molecule has 28 heavy (non-hydrogen) atoms. The summed E-state index contributed by atoms with van der Waals surface area (Å²) in [6.07, 6.45) is -0.503. The fraction of sp³-hybridized carbons (Fsp3) is 0.350. The molecule has 5 nitrogen and oxygen atoms in total. The third-order valence-electron chi connectivity index (χ3n) is 4.55. The van der Waals surface area contributed by atoms with Crippen LogP contribution in [0.4, 0.5) is 10.5 Å². The monoisotopic (exact) mass is 444 g/mol. The Labute approximate surface area is 181 Å². The minimum Gasteiger partial charge on any atom is -0.447 e. The maximum absolute atomic E-state index is 11.9. The summed E-state index contributed by atoms with van der Waals surface area (Å²) in [5.74, 6) is 0.112. The SMILES string of the molecule is COCCOC(=O)Nc1cccc(C2CN(C)Cc3c(Cl)cc(Cl)cc32)c1.Cl. The summed E-state index contributed by atoms with van der Waals surface area (Å²) in [5, 5.41) is 4.07. The van der Waals surface area contributed by atoms with Gasteiger partial charge in [-0.05, 0) is 48.0 Å². The van der Waals surface area contributed by atoms with Crippen LogP contribution in [0.25, 0.3) is 0 Å². The van der Waals surface area contributed by atoms with E-state index < -0.39 is 6.09 Å². The maximum Gasteiger partial charge on any atom is 0.411 e. The minimum absolute atomic E-state index is 0. The van der Waals surface area contributed by atoms with Crippen LogP contribution < -0.4 is 5.32 Å². The molecular weight excluding hydrogens is 423 g/mol. The number of nitrogens with zero attached hydrogens (tertiary/aromatic N) is 1. The number of ether oxygens (including phenoxy) is 2. The second-order valence-electron chi connectivity index (χ2n) is 6.58. The van der Waals surface area contributed by atoms with E-state index in [-0.39, 0.29) is 24.9 Å². The molecule has 152 valence electrons. The van der Waals surface area contributed by atoms with Gasteiger partial charge in [-0.2, -0.15) is 0 Å². The molecule has 8 heteroatoms. The molecular formula is C20H23Cl3N2O3. The first-order valence-electron chi connectivity index (χ1n) is 8.67. The van der Waals surface area contributed by atoms with Crippen LogP contribution in [0.15, 0.2) is 36.4 Å². The Kier molecular flexibility index (Phi) is 8.40. The van der Waals surface area contributed by atoms with Gasteiger partial charge in [0.25, 0.3) is 0 Å². The van der Waals surface area contributed by atoms with Gasteiger partial charge in [-0.15, -0.1) is 12.4 Å². The molecule has 1 atom stereocenters. The van der Waals surface area contributed by atoms with Crippen molar-refractivity contribution in [3.8, 4) is 0 Å². The molecule has 1 unspecified atom stereocenters. The number of carbonyl (C=O) groups is 1. The second kappa shape index (κ2) is 10.3. The Bertz CT molecular complexity index is 832. The highest BCUT2D eigenvalue weighted by Crippen LogP contribution is 2.38. The summed E-state index contributed by atoms with van der Waals surface area (Å²) in [6, 6.07) is 11.5. The smallest absolute Gasteiger partial charge is 0.411 e. The number of fused-ring (bicyclic) bond motifs is 1. The Hall–Kier alpha value is -1.50. The van der Waals surface area contributed by atoms with Crippen LogP contribution in [0.3, 0.4) is 0 Å². The van der Waals surface area contributed by atoms with Gasteiger partial charge >= 0.3 is 6.09 Å². The minimum atomic E-state index is -0.503. The van der Waals surface area contributed by atoms with Crippen molar-refractivity contribution in [1.82, 2.24) is 4.90 Å². The molecule has 2 aromatic rings. The molecule has 0 spiro atoms. The molecule has 1 aliphatic heterocycles. The van der Waals surface area contributed by atoms with E-state index >= 15 is 0 Å². The van der Waals surface area contributed by atoms with E-state index in [4.69, 9.17) is 32.7 Å². The number of hydrogen-bond donors (Lipinski definition) is 1. The quantitative estimate of drug-likeness (QED) is 0.644. The predicted molar refractivity (Wildman–Crippen MR) is 115 cm³/mol. The lowest BCUT2D eigenvalue weighted by molar-refractivity contribution is 0.107. The third-order valence-corrected chi connectivity index (χ3v) is 5.10. The molecule has 1 aliphatic rings. The lowest BCUT2D eigenvalue weighted by Gasteiger charge is -2.33. The molecule has 3 rings (SSSR count). The van der Waals surface area contributed by atoms with E-state index in [1.54, 1.807) is 13.2 Å². The lowest BCUT2D eigenvalue weighted by Crippen LogP contribution is -2.31. The van der Waals surface area contributed by atoms with E-state index in [1.165, 1.54) is 0 Å². The number of carbonyl (C=O) groups excluding carboxylic acids is 1. The van der Waals surface area contributed by atoms with E-state index in [9.17, 15) is 4.79 Å². The first-order valence-corrected chi connectivity index (χ1v) is 9.42. The van der Waals surface area contributed by atoms with Crippen molar-refractivity contribution >= 4 is 47.4 Å². The van der Waals surface area contributed by atoms with E-state index in [2.05, 4.69) is 17.3 Å². The van der Waals surface area contributed by atoms with Gasteiger partial charge in [0.1, 0.15) is 6.61 Å². The Morgan fingerprint density at radius 3 is 2.79 bits per heavy atom. The van der Waals surface area contributed by atoms with Crippen LogP contribution in [0.2, 0.25) is 10.0 Å². The topological polar surface area (TPSA) is 50.8 Å². The van der Waals surface area contributed by atoms with Crippen LogP contribution >= 0.6 is 35.6 Å². The Balaban J connectivity index is 0.00000280. The maximum atomic E-state index is 11.9. The molecule has 0 saturated carbocycles. The fourth-order valence-corrected chi connectivity index (χ4v) is 3.90. The zero-order valence-electron chi connectivity index (χ0n) is 15.7. The van der Waals surface area contributed by atoms with E-state index in [1.807, 2.05) is 30.3 Å². The lowest BCUT2D eigenvalue weighted by atomic mass is 9.84. The van der Waals surface area contributed by atoms with Gasteiger partial charge in [0.05, 0.1) is 6.61 Å². The Morgan fingerprint density at radius 2 is 2.04 bits per heavy atom. The molecule has 0 radical (unpaired) electrons. The van der Waals surface area contributed by atoms with Crippen molar-refractivity contribution < 1.29 is 14.3 Å². The first kappa shape index (κ1) is 22.8. The van der Waals surface area contributed by atoms with Gasteiger partial charge in [0, 0.05) is 41.8 Å². The third kappa shape index (κ3) is 5.52. The first-order chi connectivity index (χ1) is 13.0. The summed E-state index contributed by atoms with van der Waals surface area (Å²) in [5.41, 5.74) is 3.98. The van der Waals surface area contributed by atoms with Crippen molar-refractivity contribution in [2.24, 2.45) is 0 Å². The number of amides is 1. The van der Waals surface area contributed by atoms with Gasteiger partial charge in [-0.3, -0.25) is 5.32 Å². The van der Waals surface area contributed by atoms with Gasteiger partial charge in [-0.25, -0.2) is 4.79 Å². The summed E-state index contributed by atoms with van der Waals surface area (Å²) < 4.78 is 9.93. The number of nitrogens with one attached hydrogen (secondary N) is 1.